The van der Waals surface area contributed by atoms with Gasteiger partial charge < -0.3 is 50.7 Å². The number of hydrogen-bond donors (Lipinski definition) is 9. The molecule has 0 spiro atoms. The van der Waals surface area contributed by atoms with Crippen LogP contribution in [0.15, 0.2) is 60.3 Å². The van der Waals surface area contributed by atoms with Gasteiger partial charge in [-0.1, -0.05) is 80.9 Å². The van der Waals surface area contributed by atoms with Crippen LogP contribution in [0.1, 0.15) is 85.0 Å². The van der Waals surface area contributed by atoms with Gasteiger partial charge in [0.1, 0.15) is 18.1 Å². The third kappa shape index (κ3) is 17.7. The standard InChI is InChI=1S/C35H58O11/c1-4-5-11-16-31(42)34-33(44)22-29(40)20-27(38)18-25(36)17-26(37)19-28(39)21-32(43)23(2)14-12-9-7-6-8-10-13-15-30(41)24(3)46-35(34)45/h6-10,12-15,24-34,36-44H,4-5,11,16-22H2,1-3H3/b7-6-,10-8-,12-9-,15-13-,23-14-/t24-,25-,26+,27-,28+,29-,30-,31+,32+,33-,34?/m0/s1. The summed E-state index contributed by atoms with van der Waals surface area (Å²) in [5.41, 5.74) is 0.609. The highest BCUT2D eigenvalue weighted by Gasteiger charge is 2.37. The van der Waals surface area contributed by atoms with Gasteiger partial charge in [0.2, 0.25) is 0 Å². The van der Waals surface area contributed by atoms with E-state index in [1.807, 2.05) is 6.92 Å². The molecule has 9 N–H and O–H groups in total. The maximum absolute atomic E-state index is 13.1. The lowest BCUT2D eigenvalue weighted by Gasteiger charge is -2.29. The molecule has 0 radical (unpaired) electrons. The Morgan fingerprint density at radius 3 is 1.74 bits per heavy atom. The van der Waals surface area contributed by atoms with E-state index < -0.39 is 72.9 Å². The molecule has 1 heterocycles. The number of cyclic esters (lactones) is 1. The number of ether oxygens (including phenoxy) is 1. The molecule has 0 fully saturated rings. The van der Waals surface area contributed by atoms with E-state index in [4.69, 9.17) is 4.74 Å². The Labute approximate surface area is 273 Å². The summed E-state index contributed by atoms with van der Waals surface area (Å²) in [4.78, 5) is 13.1. The average Bonchev–Trinajstić information content (AvgIpc) is 2.94. The van der Waals surface area contributed by atoms with Crippen LogP contribution in [-0.2, 0) is 9.53 Å². The number of carbonyl (C=O) groups is 1. The van der Waals surface area contributed by atoms with E-state index in [-0.39, 0.29) is 44.9 Å². The highest BCUT2D eigenvalue weighted by Crippen LogP contribution is 2.24. The summed E-state index contributed by atoms with van der Waals surface area (Å²) in [6.07, 6.45) is 4.69. The van der Waals surface area contributed by atoms with Crippen LogP contribution in [0.5, 0.6) is 0 Å². The van der Waals surface area contributed by atoms with Crippen LogP contribution in [0.25, 0.3) is 0 Å². The normalized spacial score (nSPS) is 38.6. The minimum Gasteiger partial charge on any atom is -0.459 e. The third-order valence-corrected chi connectivity index (χ3v) is 8.03. The van der Waals surface area contributed by atoms with Crippen LogP contribution in [0.3, 0.4) is 0 Å². The number of carbonyl (C=O) groups excluding carboxylic acids is 1. The molecule has 0 bridgehead atoms. The molecule has 0 aromatic rings. The van der Waals surface area contributed by atoms with Crippen molar-refractivity contribution in [3.8, 4) is 0 Å². The molecule has 0 saturated heterocycles. The van der Waals surface area contributed by atoms with Crippen molar-refractivity contribution in [2.24, 2.45) is 5.92 Å². The van der Waals surface area contributed by atoms with Gasteiger partial charge >= 0.3 is 5.97 Å². The van der Waals surface area contributed by atoms with Gasteiger partial charge in [0, 0.05) is 12.8 Å². The monoisotopic (exact) mass is 654 g/mol. The minimum absolute atomic E-state index is 0.0162. The third-order valence-electron chi connectivity index (χ3n) is 8.03. The van der Waals surface area contributed by atoms with Crippen LogP contribution >= 0.6 is 0 Å². The largest absolute Gasteiger partial charge is 0.459 e. The van der Waals surface area contributed by atoms with Gasteiger partial charge in [0.15, 0.2) is 0 Å². The molecule has 0 saturated carbocycles. The SMILES string of the molecule is CCCCC[C@@H](O)C1C(=O)O[C@@H](C)[C@@H](O)\C=C/C=C\C=C/C=C\C=C(\C)[C@H](O)C[C@H](O)C[C@H](O)C[C@H](O)C[C@H](O)C[C@H](O)C[C@@H]1O. The van der Waals surface area contributed by atoms with Gasteiger partial charge in [-0.2, -0.15) is 0 Å². The summed E-state index contributed by atoms with van der Waals surface area (Å²) in [5.74, 6) is -2.33. The van der Waals surface area contributed by atoms with Crippen molar-refractivity contribution in [1.82, 2.24) is 0 Å². The molecule has 11 nitrogen and oxygen atoms in total. The number of hydrogen-bond acceptors (Lipinski definition) is 11. The van der Waals surface area contributed by atoms with E-state index in [1.165, 1.54) is 13.0 Å². The topological polar surface area (TPSA) is 208 Å². The lowest BCUT2D eigenvalue weighted by Crippen LogP contribution is -2.43. The zero-order chi connectivity index (χ0) is 34.6. The van der Waals surface area contributed by atoms with E-state index >= 15 is 0 Å². The summed E-state index contributed by atoms with van der Waals surface area (Å²) in [5, 5.41) is 94.8. The summed E-state index contributed by atoms with van der Waals surface area (Å²) >= 11 is 0. The maximum atomic E-state index is 13.1. The molecule has 264 valence electrons. The second-order valence-corrected chi connectivity index (χ2v) is 12.4. The molecule has 1 rings (SSSR count). The van der Waals surface area contributed by atoms with E-state index in [9.17, 15) is 50.8 Å². The number of aliphatic hydroxyl groups excluding tert-OH is 9. The van der Waals surface area contributed by atoms with Crippen molar-refractivity contribution < 1.29 is 55.5 Å². The first-order valence-corrected chi connectivity index (χ1v) is 16.4. The van der Waals surface area contributed by atoms with Gasteiger partial charge in [0.05, 0.1) is 48.8 Å². The Morgan fingerprint density at radius 2 is 1.20 bits per heavy atom. The van der Waals surface area contributed by atoms with Crippen molar-refractivity contribution in [2.45, 2.75) is 146 Å². The van der Waals surface area contributed by atoms with Crippen LogP contribution < -0.4 is 0 Å². The molecular formula is C35H58O11. The highest BCUT2D eigenvalue weighted by molar-refractivity contribution is 5.74. The van der Waals surface area contributed by atoms with Crippen molar-refractivity contribution in [2.75, 3.05) is 0 Å². The number of aliphatic hydroxyl groups is 9. The van der Waals surface area contributed by atoms with Crippen molar-refractivity contribution in [3.05, 3.63) is 60.3 Å². The molecule has 0 amide bonds. The van der Waals surface area contributed by atoms with E-state index in [0.29, 0.717) is 12.0 Å². The number of allylic oxidation sites excluding steroid dienone is 8. The van der Waals surface area contributed by atoms with Crippen LogP contribution in [0.2, 0.25) is 0 Å². The van der Waals surface area contributed by atoms with Crippen molar-refractivity contribution >= 4 is 5.97 Å². The molecule has 46 heavy (non-hydrogen) atoms. The Kier molecular flexibility index (Phi) is 21.1. The van der Waals surface area contributed by atoms with Gasteiger partial charge in [-0.25, -0.2) is 0 Å². The van der Waals surface area contributed by atoms with Crippen molar-refractivity contribution in [3.63, 3.8) is 0 Å². The Balaban J connectivity index is 3.14. The minimum atomic E-state index is -1.52. The predicted octanol–water partition coefficient (Wildman–Crippen LogP) is 1.89. The lowest BCUT2D eigenvalue weighted by molar-refractivity contribution is -0.168. The lowest BCUT2D eigenvalue weighted by atomic mass is 9.87. The van der Waals surface area contributed by atoms with Crippen LogP contribution in [0.4, 0.5) is 0 Å². The fourth-order valence-electron chi connectivity index (χ4n) is 5.27. The number of esters is 1. The average molecular weight is 655 g/mol. The Morgan fingerprint density at radius 1 is 0.717 bits per heavy atom. The van der Waals surface area contributed by atoms with E-state index in [0.717, 1.165) is 12.8 Å². The van der Waals surface area contributed by atoms with E-state index in [1.54, 1.807) is 55.5 Å². The zero-order valence-corrected chi connectivity index (χ0v) is 27.5. The molecule has 11 atom stereocenters. The summed E-state index contributed by atoms with van der Waals surface area (Å²) < 4.78 is 5.42. The zero-order valence-electron chi connectivity index (χ0n) is 27.5. The van der Waals surface area contributed by atoms with Crippen LogP contribution in [-0.4, -0.2) is 113 Å². The van der Waals surface area contributed by atoms with Crippen molar-refractivity contribution in [1.29, 1.82) is 0 Å². The van der Waals surface area contributed by atoms with Gasteiger partial charge in [-0.15, -0.1) is 0 Å². The quantitative estimate of drug-likeness (QED) is 0.154. The first kappa shape index (κ1) is 41.8. The number of unbranched alkanes of at least 4 members (excludes halogenated alkanes) is 2. The number of rotatable bonds is 5. The fraction of sp³-hybridized carbons (Fsp3) is 0.686. The second-order valence-electron chi connectivity index (χ2n) is 12.4. The van der Waals surface area contributed by atoms with E-state index in [2.05, 4.69) is 0 Å². The van der Waals surface area contributed by atoms with Gasteiger partial charge in [-0.3, -0.25) is 4.79 Å². The summed E-state index contributed by atoms with van der Waals surface area (Å²) in [6.45, 7) is 5.18. The Hall–Kier alpha value is -2.19. The van der Waals surface area contributed by atoms with Gasteiger partial charge in [-0.05, 0) is 51.5 Å². The molecular weight excluding hydrogens is 596 g/mol. The smallest absolute Gasteiger partial charge is 0.314 e. The molecule has 0 aromatic heterocycles. The molecule has 0 aromatic carbocycles. The second kappa shape index (κ2) is 23.2. The highest BCUT2D eigenvalue weighted by atomic mass is 16.6. The molecule has 1 aliphatic heterocycles. The molecule has 1 unspecified atom stereocenters. The Bertz CT molecular complexity index is 991. The van der Waals surface area contributed by atoms with Crippen LogP contribution in [0, 0.1) is 5.92 Å². The fourth-order valence-corrected chi connectivity index (χ4v) is 5.27. The first-order chi connectivity index (χ1) is 21.7. The summed E-state index contributed by atoms with van der Waals surface area (Å²) in [6, 6.07) is 0. The summed E-state index contributed by atoms with van der Waals surface area (Å²) in [7, 11) is 0. The molecule has 11 heteroatoms. The molecule has 1 aliphatic rings. The first-order valence-electron chi connectivity index (χ1n) is 16.4. The predicted molar refractivity (Wildman–Crippen MR) is 175 cm³/mol. The van der Waals surface area contributed by atoms with Gasteiger partial charge in [0.25, 0.3) is 0 Å². The molecule has 0 aliphatic carbocycles. The maximum Gasteiger partial charge on any atom is 0.314 e.